The van der Waals surface area contributed by atoms with Crippen LogP contribution in [-0.4, -0.2) is 25.3 Å². The average molecular weight is 253 g/mol. The summed E-state index contributed by atoms with van der Waals surface area (Å²) in [5.74, 6) is 0.530. The van der Waals surface area contributed by atoms with Crippen LogP contribution in [0, 0.1) is 6.92 Å². The van der Waals surface area contributed by atoms with Crippen molar-refractivity contribution in [3.05, 3.63) is 23.3 Å². The minimum Gasteiger partial charge on any atom is -0.496 e. The minimum atomic E-state index is -0.852. The van der Waals surface area contributed by atoms with Crippen molar-refractivity contribution < 1.29 is 19.4 Å². The fourth-order valence-electron chi connectivity index (χ4n) is 1.91. The monoisotopic (exact) mass is 253 g/mol. The third kappa shape index (κ3) is 3.13. The molecule has 1 unspecified atom stereocenters. The third-order valence-corrected chi connectivity index (χ3v) is 2.88. The predicted octanol–water partition coefficient (Wildman–Crippen LogP) is 1.88. The fourth-order valence-corrected chi connectivity index (χ4v) is 1.91. The molecule has 0 aliphatic heterocycles. The number of hydrogen-bond donors (Lipinski definition) is 2. The molecule has 3 N–H and O–H groups in total. The van der Waals surface area contributed by atoms with Crippen LogP contribution in [0.25, 0.3) is 0 Å². The lowest BCUT2D eigenvalue weighted by atomic mass is 9.99. The lowest BCUT2D eigenvalue weighted by Crippen LogP contribution is -2.14. The summed E-state index contributed by atoms with van der Waals surface area (Å²) in [7, 11) is 3.15. The van der Waals surface area contributed by atoms with Crippen LogP contribution < -0.4 is 15.2 Å². The summed E-state index contributed by atoms with van der Waals surface area (Å²) in [6, 6.07) is 3.27. The number of nitrogens with two attached hydrogens (primary N) is 1. The molecule has 0 aliphatic rings. The number of aliphatic carboxylic acids is 1. The molecule has 18 heavy (non-hydrogen) atoms. The molecule has 0 aliphatic carbocycles. The van der Waals surface area contributed by atoms with Gasteiger partial charge in [-0.3, -0.25) is 4.79 Å². The van der Waals surface area contributed by atoms with Crippen LogP contribution in [0.15, 0.2) is 12.1 Å². The Labute approximate surface area is 107 Å². The molecule has 100 valence electrons. The van der Waals surface area contributed by atoms with Gasteiger partial charge in [-0.25, -0.2) is 0 Å². The standard InChI is InChI=1S/C13H19NO4/c1-8-11(17-2)6-4-9(13(8)18-3)10(14)5-7-12(15)16/h4,6,10H,5,7,14H2,1-3H3,(H,15,16). The van der Waals surface area contributed by atoms with Crippen molar-refractivity contribution in [2.45, 2.75) is 25.8 Å². The van der Waals surface area contributed by atoms with Crippen molar-refractivity contribution in [1.29, 1.82) is 0 Å². The van der Waals surface area contributed by atoms with E-state index in [9.17, 15) is 4.79 Å². The van der Waals surface area contributed by atoms with Gasteiger partial charge in [0.05, 0.1) is 14.2 Å². The predicted molar refractivity (Wildman–Crippen MR) is 68.1 cm³/mol. The number of ether oxygens (including phenoxy) is 2. The molecule has 0 bridgehead atoms. The van der Waals surface area contributed by atoms with E-state index in [1.165, 1.54) is 0 Å². The van der Waals surface area contributed by atoms with E-state index in [-0.39, 0.29) is 12.5 Å². The highest BCUT2D eigenvalue weighted by Crippen LogP contribution is 2.35. The van der Waals surface area contributed by atoms with Gasteiger partial charge in [0, 0.05) is 23.6 Å². The SMILES string of the molecule is COc1ccc(C(N)CCC(=O)O)c(OC)c1C. The maximum absolute atomic E-state index is 10.6. The molecular formula is C13H19NO4. The summed E-state index contributed by atoms with van der Waals surface area (Å²) >= 11 is 0. The molecule has 0 radical (unpaired) electrons. The summed E-state index contributed by atoms with van der Waals surface area (Å²) in [4.78, 5) is 10.6. The molecule has 1 aromatic carbocycles. The van der Waals surface area contributed by atoms with Crippen LogP contribution >= 0.6 is 0 Å². The topological polar surface area (TPSA) is 81.8 Å². The molecule has 0 fully saturated rings. The maximum atomic E-state index is 10.6. The zero-order chi connectivity index (χ0) is 13.7. The number of methoxy groups -OCH3 is 2. The lowest BCUT2D eigenvalue weighted by Gasteiger charge is -2.18. The largest absolute Gasteiger partial charge is 0.496 e. The van der Waals surface area contributed by atoms with Gasteiger partial charge in [0.1, 0.15) is 11.5 Å². The van der Waals surface area contributed by atoms with Crippen LogP contribution in [0.5, 0.6) is 11.5 Å². The Hall–Kier alpha value is -1.75. The third-order valence-electron chi connectivity index (χ3n) is 2.88. The number of carboxylic acid groups (broad SMARTS) is 1. The molecule has 0 saturated heterocycles. The highest BCUT2D eigenvalue weighted by atomic mass is 16.5. The zero-order valence-corrected chi connectivity index (χ0v) is 10.9. The number of benzene rings is 1. The number of hydrogen-bond acceptors (Lipinski definition) is 4. The average Bonchev–Trinajstić information content (AvgIpc) is 2.35. The van der Waals surface area contributed by atoms with Gasteiger partial charge in [-0.1, -0.05) is 6.07 Å². The molecule has 0 saturated carbocycles. The first-order valence-electron chi connectivity index (χ1n) is 5.70. The zero-order valence-electron chi connectivity index (χ0n) is 10.9. The van der Waals surface area contributed by atoms with Crippen LogP contribution in [0.4, 0.5) is 0 Å². The smallest absolute Gasteiger partial charge is 0.303 e. The first-order chi connectivity index (χ1) is 8.51. The normalized spacial score (nSPS) is 12.0. The van der Waals surface area contributed by atoms with E-state index in [1.54, 1.807) is 14.2 Å². The van der Waals surface area contributed by atoms with Crippen molar-refractivity contribution in [1.82, 2.24) is 0 Å². The van der Waals surface area contributed by atoms with Gasteiger partial charge in [-0.2, -0.15) is 0 Å². The van der Waals surface area contributed by atoms with Gasteiger partial charge in [0.25, 0.3) is 0 Å². The van der Waals surface area contributed by atoms with Gasteiger partial charge in [-0.15, -0.1) is 0 Å². The number of carboxylic acids is 1. The lowest BCUT2D eigenvalue weighted by molar-refractivity contribution is -0.137. The highest BCUT2D eigenvalue weighted by molar-refractivity contribution is 5.66. The summed E-state index contributed by atoms with van der Waals surface area (Å²) in [6.07, 6.45) is 0.410. The van der Waals surface area contributed by atoms with E-state index < -0.39 is 5.97 Å². The number of carbonyl (C=O) groups is 1. The van der Waals surface area contributed by atoms with Gasteiger partial charge in [0.2, 0.25) is 0 Å². The Kier molecular flexibility index (Phi) is 4.97. The van der Waals surface area contributed by atoms with Gasteiger partial charge >= 0.3 is 5.97 Å². The second-order valence-corrected chi connectivity index (χ2v) is 4.05. The van der Waals surface area contributed by atoms with E-state index in [0.29, 0.717) is 12.2 Å². The Morgan fingerprint density at radius 1 is 1.39 bits per heavy atom. The Bertz CT molecular complexity index is 431. The molecule has 0 aromatic heterocycles. The molecule has 5 nitrogen and oxygen atoms in total. The second-order valence-electron chi connectivity index (χ2n) is 4.05. The fraction of sp³-hybridized carbons (Fsp3) is 0.462. The van der Waals surface area contributed by atoms with Crippen molar-refractivity contribution in [2.75, 3.05) is 14.2 Å². The molecule has 1 rings (SSSR count). The first kappa shape index (κ1) is 14.3. The molecule has 5 heteroatoms. The Balaban J connectivity index is 3.01. The molecule has 1 atom stereocenters. The van der Waals surface area contributed by atoms with Crippen molar-refractivity contribution in [3.63, 3.8) is 0 Å². The van der Waals surface area contributed by atoms with E-state index >= 15 is 0 Å². The minimum absolute atomic E-state index is 0.0371. The van der Waals surface area contributed by atoms with Crippen LogP contribution in [-0.2, 0) is 4.79 Å². The molecule has 0 spiro atoms. The van der Waals surface area contributed by atoms with E-state index in [1.807, 2.05) is 19.1 Å². The quantitative estimate of drug-likeness (QED) is 0.808. The Morgan fingerprint density at radius 3 is 2.56 bits per heavy atom. The summed E-state index contributed by atoms with van der Waals surface area (Å²) in [6.45, 7) is 1.88. The van der Waals surface area contributed by atoms with E-state index in [4.69, 9.17) is 20.3 Å². The van der Waals surface area contributed by atoms with Gasteiger partial charge in [-0.05, 0) is 19.4 Å². The summed E-state index contributed by atoms with van der Waals surface area (Å²) in [5, 5.41) is 8.67. The molecule has 0 amide bonds. The Morgan fingerprint density at radius 2 is 2.06 bits per heavy atom. The summed E-state index contributed by atoms with van der Waals surface area (Å²) < 4.78 is 10.5. The van der Waals surface area contributed by atoms with Crippen LogP contribution in [0.1, 0.15) is 30.0 Å². The maximum Gasteiger partial charge on any atom is 0.303 e. The molecular weight excluding hydrogens is 234 g/mol. The van der Waals surface area contributed by atoms with Crippen molar-refractivity contribution >= 4 is 5.97 Å². The van der Waals surface area contributed by atoms with Crippen LogP contribution in [0.2, 0.25) is 0 Å². The van der Waals surface area contributed by atoms with E-state index in [0.717, 1.165) is 16.9 Å². The summed E-state index contributed by atoms with van der Waals surface area (Å²) in [5.41, 5.74) is 7.66. The van der Waals surface area contributed by atoms with Crippen molar-refractivity contribution in [3.8, 4) is 11.5 Å². The van der Waals surface area contributed by atoms with Gasteiger partial charge < -0.3 is 20.3 Å². The molecule has 0 heterocycles. The first-order valence-corrected chi connectivity index (χ1v) is 5.70. The highest BCUT2D eigenvalue weighted by Gasteiger charge is 2.17. The number of rotatable bonds is 6. The van der Waals surface area contributed by atoms with Crippen molar-refractivity contribution in [2.24, 2.45) is 5.73 Å². The molecule has 1 aromatic rings. The second kappa shape index (κ2) is 6.26. The van der Waals surface area contributed by atoms with Crippen LogP contribution in [0.3, 0.4) is 0 Å². The van der Waals surface area contributed by atoms with E-state index in [2.05, 4.69) is 0 Å². The van der Waals surface area contributed by atoms with Gasteiger partial charge in [0.15, 0.2) is 0 Å².